The van der Waals surface area contributed by atoms with Crippen molar-refractivity contribution in [1.82, 2.24) is 15.6 Å². The molecule has 14 nitrogen and oxygen atoms in total. The number of nitrogens with zero attached hydrogens (tertiary/aromatic N) is 2. The number of thioether (sulfide) groups is 1. The zero-order valence-electron chi connectivity index (χ0n) is 41.2. The Morgan fingerprint density at radius 1 is 0.718 bits per heavy atom. The number of pyridine rings is 1. The number of aromatic nitrogens is 1. The molecule has 3 aromatic carbocycles. The zero-order chi connectivity index (χ0) is 51.3. The van der Waals surface area contributed by atoms with Crippen molar-refractivity contribution in [3.63, 3.8) is 0 Å². The maximum Gasteiger partial charge on any atom is 0.416 e. The van der Waals surface area contributed by atoms with Gasteiger partial charge in [-0.3, -0.25) is 24.2 Å². The third kappa shape index (κ3) is 20.2. The molecule has 386 valence electrons. The Morgan fingerprint density at radius 3 is 2.14 bits per heavy atom. The fourth-order valence-electron chi connectivity index (χ4n) is 7.52. The van der Waals surface area contributed by atoms with Crippen molar-refractivity contribution in [3.05, 3.63) is 113 Å². The molecule has 71 heavy (non-hydrogen) atoms. The summed E-state index contributed by atoms with van der Waals surface area (Å²) in [6.07, 6.45) is 1.85. The van der Waals surface area contributed by atoms with Gasteiger partial charge in [0.05, 0.1) is 68.6 Å². The van der Waals surface area contributed by atoms with Gasteiger partial charge in [-0.15, -0.1) is 0 Å². The second-order valence-electron chi connectivity index (χ2n) is 18.5. The summed E-state index contributed by atoms with van der Waals surface area (Å²) in [6.45, 7) is 12.7. The molecule has 5 rings (SSSR count). The Labute approximate surface area is 419 Å². The van der Waals surface area contributed by atoms with Crippen LogP contribution in [0.5, 0.6) is 0 Å². The number of amides is 3. The summed E-state index contributed by atoms with van der Waals surface area (Å²) in [6, 6.07) is 21.3. The van der Waals surface area contributed by atoms with Gasteiger partial charge in [-0.1, -0.05) is 38.1 Å². The van der Waals surface area contributed by atoms with E-state index in [0.717, 1.165) is 62.2 Å². The summed E-state index contributed by atoms with van der Waals surface area (Å²) in [7, 11) is 0. The highest BCUT2D eigenvalue weighted by molar-refractivity contribution is 7.99. The molecule has 0 saturated carbocycles. The molecule has 0 atom stereocenters. The number of aliphatic carboxylic acids is 1. The molecule has 0 unspecified atom stereocenters. The van der Waals surface area contributed by atoms with E-state index >= 15 is 0 Å². The summed E-state index contributed by atoms with van der Waals surface area (Å²) in [5, 5.41) is 17.3. The Hall–Kier alpha value is -5.53. The van der Waals surface area contributed by atoms with Crippen molar-refractivity contribution < 1.29 is 56.4 Å². The molecule has 4 aromatic rings. The highest BCUT2D eigenvalue weighted by Crippen LogP contribution is 2.35. The van der Waals surface area contributed by atoms with Crippen LogP contribution in [0.15, 0.2) is 85.1 Å². The zero-order valence-corrected chi connectivity index (χ0v) is 42.0. The van der Waals surface area contributed by atoms with Crippen LogP contribution in [0.25, 0.3) is 11.3 Å². The number of hydrogen-bond donors (Lipinski definition) is 4. The number of rotatable bonds is 29. The molecule has 0 aliphatic carbocycles. The second kappa shape index (κ2) is 27.9. The van der Waals surface area contributed by atoms with E-state index in [2.05, 4.69) is 39.7 Å². The lowest BCUT2D eigenvalue weighted by molar-refractivity contribution is -0.139. The van der Waals surface area contributed by atoms with Crippen LogP contribution >= 0.6 is 11.8 Å². The molecule has 1 fully saturated rings. The van der Waals surface area contributed by atoms with Crippen molar-refractivity contribution in [2.24, 2.45) is 0 Å². The van der Waals surface area contributed by atoms with Crippen molar-refractivity contribution in [3.8, 4) is 11.3 Å². The minimum atomic E-state index is -4.50. The van der Waals surface area contributed by atoms with Gasteiger partial charge in [0.25, 0.3) is 11.8 Å². The van der Waals surface area contributed by atoms with Crippen molar-refractivity contribution in [1.29, 1.82) is 0 Å². The molecule has 0 spiro atoms. The third-order valence-electron chi connectivity index (χ3n) is 11.7. The normalized spacial score (nSPS) is 13.2. The number of benzene rings is 3. The fraction of sp³-hybridized carbons (Fsp3) is 0.491. The first kappa shape index (κ1) is 56.4. The second-order valence-corrected chi connectivity index (χ2v) is 20.2. The number of ether oxygens (including phenoxy) is 4. The van der Waals surface area contributed by atoms with E-state index in [4.69, 9.17) is 24.1 Å². The van der Waals surface area contributed by atoms with E-state index in [1.807, 2.05) is 50.2 Å². The molecule has 2 heterocycles. The molecule has 1 aliphatic rings. The molecule has 0 bridgehead atoms. The predicted octanol–water partition coefficient (Wildman–Crippen LogP) is 9.56. The number of carboxylic acid groups (broad SMARTS) is 1. The molecule has 1 aliphatic heterocycles. The Kier molecular flexibility index (Phi) is 22.2. The number of carboxylic acids is 1. The smallest absolute Gasteiger partial charge is 0.416 e. The van der Waals surface area contributed by atoms with Crippen LogP contribution in [-0.4, -0.2) is 110 Å². The Morgan fingerprint density at radius 2 is 1.41 bits per heavy atom. The first-order valence-electron chi connectivity index (χ1n) is 24.1. The van der Waals surface area contributed by atoms with E-state index < -0.39 is 29.2 Å². The average Bonchev–Trinajstić information content (AvgIpc) is 3.35. The van der Waals surface area contributed by atoms with Gasteiger partial charge in [0, 0.05) is 78.3 Å². The van der Waals surface area contributed by atoms with Crippen LogP contribution in [0.4, 0.5) is 24.5 Å². The quantitative estimate of drug-likeness (QED) is 0.0380. The van der Waals surface area contributed by atoms with Gasteiger partial charge in [-0.25, -0.2) is 0 Å². The summed E-state index contributed by atoms with van der Waals surface area (Å²) in [5.74, 6) is -1.12. The molecular weight excluding hydrogens is 940 g/mol. The maximum absolute atomic E-state index is 14.0. The lowest BCUT2D eigenvalue weighted by atomic mass is 10.0. The third-order valence-corrected chi connectivity index (χ3v) is 13.2. The minimum absolute atomic E-state index is 0.0417. The van der Waals surface area contributed by atoms with Crippen LogP contribution in [0.2, 0.25) is 0 Å². The summed E-state index contributed by atoms with van der Waals surface area (Å²) in [5.41, 5.74) is 3.28. The SMILES string of the molecule is CC(C)(CCC(=O)NCCOCCOCCOCCC(=O)O)OCCC(C)(C)SCc1cccc(C(=O)Nc2ccc(N3CCCCC3)cc2-c2cc(C(=O)NCc3cccc(C(F)(F)F)c3)ccn2)c1. The molecular formula is C53H68F3N5O9S. The number of carbonyl (C=O) groups excluding carboxylic acids is 3. The van der Waals surface area contributed by atoms with Gasteiger partial charge < -0.3 is 44.9 Å². The van der Waals surface area contributed by atoms with Gasteiger partial charge in [-0.2, -0.15) is 24.9 Å². The van der Waals surface area contributed by atoms with E-state index in [1.54, 1.807) is 30.0 Å². The monoisotopic (exact) mass is 1010 g/mol. The van der Waals surface area contributed by atoms with Crippen molar-refractivity contribution in [2.75, 3.05) is 76.1 Å². The number of anilines is 2. The van der Waals surface area contributed by atoms with Crippen LogP contribution in [0.3, 0.4) is 0 Å². The highest BCUT2D eigenvalue weighted by atomic mass is 32.2. The lowest BCUT2D eigenvalue weighted by Crippen LogP contribution is -2.32. The number of carbonyl (C=O) groups is 4. The van der Waals surface area contributed by atoms with Gasteiger partial charge in [0.1, 0.15) is 0 Å². The topological polar surface area (TPSA) is 178 Å². The average molecular weight is 1010 g/mol. The summed E-state index contributed by atoms with van der Waals surface area (Å²) < 4.78 is 62.0. The summed E-state index contributed by atoms with van der Waals surface area (Å²) in [4.78, 5) is 57.2. The van der Waals surface area contributed by atoms with Crippen LogP contribution < -0.4 is 20.9 Å². The van der Waals surface area contributed by atoms with Crippen molar-refractivity contribution >= 4 is 46.8 Å². The predicted molar refractivity (Wildman–Crippen MR) is 270 cm³/mol. The Balaban J connectivity index is 1.09. The number of halogens is 3. The van der Waals surface area contributed by atoms with E-state index in [-0.39, 0.29) is 41.7 Å². The van der Waals surface area contributed by atoms with Gasteiger partial charge in [0.2, 0.25) is 5.91 Å². The molecule has 1 aromatic heterocycles. The van der Waals surface area contributed by atoms with E-state index in [9.17, 15) is 32.3 Å². The number of alkyl halides is 3. The fourth-order valence-corrected chi connectivity index (χ4v) is 8.49. The van der Waals surface area contributed by atoms with Gasteiger partial charge >= 0.3 is 12.1 Å². The van der Waals surface area contributed by atoms with Crippen LogP contribution in [0, 0.1) is 0 Å². The maximum atomic E-state index is 14.0. The van der Waals surface area contributed by atoms with Gasteiger partial charge in [-0.05, 0) is 112 Å². The lowest BCUT2D eigenvalue weighted by Gasteiger charge is -2.29. The standard InChI is InChI=1S/C53H68F3N5O9S/c1-51(2,19-16-47(62)58-22-27-68-29-31-69-30-28-67-25-18-48(63)64)70-26-20-52(3,4)71-37-39-11-8-12-40(32-39)50(66)60-45-15-14-43(61-23-6-5-7-24-61)35-44(45)46-34-41(17-21-57-46)49(65)59-36-38-10-9-13-42(33-38)53(54,55)56/h8-15,17,21,32-35H,5-7,16,18-20,22-31,36-37H2,1-4H3,(H,58,62)(H,59,65)(H,60,66)(H,63,64). The minimum Gasteiger partial charge on any atom is -0.481 e. The Bertz CT molecular complexity index is 2360. The highest BCUT2D eigenvalue weighted by Gasteiger charge is 2.30. The molecule has 3 amide bonds. The number of piperidine rings is 1. The van der Waals surface area contributed by atoms with E-state index in [0.29, 0.717) is 92.9 Å². The van der Waals surface area contributed by atoms with Gasteiger partial charge in [0.15, 0.2) is 0 Å². The van der Waals surface area contributed by atoms with E-state index in [1.165, 1.54) is 18.3 Å². The first-order valence-corrected chi connectivity index (χ1v) is 25.1. The van der Waals surface area contributed by atoms with Crippen LogP contribution in [-0.2, 0) is 47.0 Å². The summed E-state index contributed by atoms with van der Waals surface area (Å²) >= 11 is 1.76. The van der Waals surface area contributed by atoms with Crippen molar-refractivity contribution in [2.45, 2.75) is 101 Å². The molecule has 4 N–H and O–H groups in total. The number of nitrogens with one attached hydrogen (secondary N) is 3. The number of hydrogen-bond acceptors (Lipinski definition) is 11. The molecule has 18 heteroatoms. The molecule has 0 radical (unpaired) electrons. The largest absolute Gasteiger partial charge is 0.481 e. The molecule has 1 saturated heterocycles. The van der Waals surface area contributed by atoms with Crippen LogP contribution in [0.1, 0.15) is 110 Å². The first-order chi connectivity index (χ1) is 33.9.